The van der Waals surface area contributed by atoms with E-state index in [1.807, 2.05) is 0 Å². The summed E-state index contributed by atoms with van der Waals surface area (Å²) >= 11 is 0. The van der Waals surface area contributed by atoms with Crippen LogP contribution in [-0.2, 0) is 11.3 Å². The van der Waals surface area contributed by atoms with Crippen LogP contribution in [0, 0.1) is 0 Å². The van der Waals surface area contributed by atoms with E-state index in [1.54, 1.807) is 14.2 Å². The summed E-state index contributed by atoms with van der Waals surface area (Å²) in [6.45, 7) is 1.45. The van der Waals surface area contributed by atoms with E-state index in [2.05, 4.69) is 15.6 Å². The predicted octanol–water partition coefficient (Wildman–Crippen LogP) is -0.230. The number of rotatable bonds is 6. The maximum absolute atomic E-state index is 11.4. The molecular formula is C9H15N3O3. The number of hydrogen-bond acceptors (Lipinski definition) is 5. The molecule has 0 bridgehead atoms. The largest absolute Gasteiger partial charge is 0.447 e. The molecule has 1 heterocycles. The molecular weight excluding hydrogens is 198 g/mol. The maximum atomic E-state index is 11.4. The average molecular weight is 213 g/mol. The Morgan fingerprint density at radius 3 is 3.13 bits per heavy atom. The lowest BCUT2D eigenvalue weighted by molar-refractivity contribution is 0.0932. The van der Waals surface area contributed by atoms with E-state index in [-0.39, 0.29) is 11.6 Å². The highest BCUT2D eigenvalue weighted by molar-refractivity contribution is 5.91. The number of nitrogens with one attached hydrogen (secondary N) is 2. The number of amides is 1. The van der Waals surface area contributed by atoms with Gasteiger partial charge in [-0.25, -0.2) is 4.98 Å². The number of carbonyl (C=O) groups excluding carboxylic acids is 1. The highest BCUT2D eigenvalue weighted by Crippen LogP contribution is 2.01. The summed E-state index contributed by atoms with van der Waals surface area (Å²) in [5.41, 5.74) is 0.288. The molecule has 1 aromatic rings. The first-order valence-electron chi connectivity index (χ1n) is 4.64. The quantitative estimate of drug-likeness (QED) is 0.638. The van der Waals surface area contributed by atoms with E-state index in [9.17, 15) is 4.79 Å². The van der Waals surface area contributed by atoms with E-state index in [1.165, 1.54) is 6.26 Å². The van der Waals surface area contributed by atoms with Crippen molar-refractivity contribution in [3.05, 3.63) is 17.8 Å². The van der Waals surface area contributed by atoms with Gasteiger partial charge in [0.25, 0.3) is 5.91 Å². The summed E-state index contributed by atoms with van der Waals surface area (Å²) in [6.07, 6.45) is 1.34. The molecule has 0 atom stereocenters. The lowest BCUT2D eigenvalue weighted by Gasteiger charge is -2.00. The van der Waals surface area contributed by atoms with Crippen LogP contribution in [0.15, 0.2) is 10.7 Å². The maximum Gasteiger partial charge on any atom is 0.273 e. The smallest absolute Gasteiger partial charge is 0.273 e. The van der Waals surface area contributed by atoms with Crippen molar-refractivity contribution in [1.29, 1.82) is 0 Å². The van der Waals surface area contributed by atoms with Crippen molar-refractivity contribution in [2.45, 2.75) is 6.54 Å². The van der Waals surface area contributed by atoms with Gasteiger partial charge >= 0.3 is 0 Å². The normalized spacial score (nSPS) is 10.3. The fourth-order valence-electron chi connectivity index (χ4n) is 1.00. The van der Waals surface area contributed by atoms with Crippen LogP contribution in [0.2, 0.25) is 0 Å². The SMILES string of the molecule is CNCc1nc(C(=O)NCCOC)co1. The first-order valence-corrected chi connectivity index (χ1v) is 4.64. The molecule has 1 amide bonds. The van der Waals surface area contributed by atoms with Crippen molar-refractivity contribution in [1.82, 2.24) is 15.6 Å². The molecule has 0 fully saturated rings. The monoisotopic (exact) mass is 213 g/mol. The Hall–Kier alpha value is -1.40. The second-order valence-electron chi connectivity index (χ2n) is 2.91. The molecule has 0 aliphatic rings. The average Bonchev–Trinajstić information content (AvgIpc) is 2.67. The van der Waals surface area contributed by atoms with Gasteiger partial charge in [-0.3, -0.25) is 4.79 Å². The van der Waals surface area contributed by atoms with Gasteiger partial charge in [0.1, 0.15) is 6.26 Å². The highest BCUT2D eigenvalue weighted by Gasteiger charge is 2.10. The number of aromatic nitrogens is 1. The second-order valence-corrected chi connectivity index (χ2v) is 2.91. The molecule has 84 valence electrons. The summed E-state index contributed by atoms with van der Waals surface area (Å²) in [7, 11) is 3.36. The zero-order valence-corrected chi connectivity index (χ0v) is 8.87. The van der Waals surface area contributed by atoms with Crippen LogP contribution in [0.3, 0.4) is 0 Å². The van der Waals surface area contributed by atoms with Crippen molar-refractivity contribution in [3.8, 4) is 0 Å². The number of ether oxygens (including phenoxy) is 1. The molecule has 6 nitrogen and oxygen atoms in total. The van der Waals surface area contributed by atoms with Crippen LogP contribution in [0.5, 0.6) is 0 Å². The van der Waals surface area contributed by atoms with Crippen LogP contribution < -0.4 is 10.6 Å². The highest BCUT2D eigenvalue weighted by atomic mass is 16.5. The molecule has 6 heteroatoms. The number of carbonyl (C=O) groups is 1. The predicted molar refractivity (Wildman–Crippen MR) is 53.5 cm³/mol. The minimum atomic E-state index is -0.252. The minimum Gasteiger partial charge on any atom is -0.447 e. The van der Waals surface area contributed by atoms with E-state index < -0.39 is 0 Å². The standard InChI is InChI=1S/C9H15N3O3/c1-10-5-8-12-7(6-15-8)9(13)11-3-4-14-2/h6,10H,3-5H2,1-2H3,(H,11,13). The zero-order valence-electron chi connectivity index (χ0n) is 8.87. The molecule has 0 radical (unpaired) electrons. The Labute approximate surface area is 88.0 Å². The Morgan fingerprint density at radius 2 is 2.47 bits per heavy atom. The Morgan fingerprint density at radius 1 is 1.67 bits per heavy atom. The number of oxazole rings is 1. The summed E-state index contributed by atoms with van der Waals surface area (Å²) in [5.74, 6) is 0.243. The topological polar surface area (TPSA) is 76.4 Å². The lowest BCUT2D eigenvalue weighted by Crippen LogP contribution is -2.27. The van der Waals surface area contributed by atoms with Crippen LogP contribution in [0.25, 0.3) is 0 Å². The van der Waals surface area contributed by atoms with Gasteiger partial charge in [0, 0.05) is 13.7 Å². The molecule has 0 aliphatic carbocycles. The van der Waals surface area contributed by atoms with Crippen LogP contribution in [0.4, 0.5) is 0 Å². The number of hydrogen-bond donors (Lipinski definition) is 2. The van der Waals surface area contributed by atoms with Crippen LogP contribution in [-0.4, -0.2) is 38.2 Å². The number of methoxy groups -OCH3 is 1. The molecule has 0 aromatic carbocycles. The van der Waals surface area contributed by atoms with Gasteiger partial charge < -0.3 is 19.8 Å². The summed E-state index contributed by atoms with van der Waals surface area (Å²) in [5, 5.41) is 5.53. The summed E-state index contributed by atoms with van der Waals surface area (Å²) < 4.78 is 9.87. The first-order chi connectivity index (χ1) is 7.27. The Bertz CT molecular complexity index is 311. The summed E-state index contributed by atoms with van der Waals surface area (Å²) in [4.78, 5) is 15.4. The molecule has 15 heavy (non-hydrogen) atoms. The van der Waals surface area contributed by atoms with Crippen molar-refractivity contribution in [2.24, 2.45) is 0 Å². The van der Waals surface area contributed by atoms with Gasteiger partial charge in [-0.15, -0.1) is 0 Å². The lowest BCUT2D eigenvalue weighted by atomic mass is 10.4. The fourth-order valence-corrected chi connectivity index (χ4v) is 1.00. The minimum absolute atomic E-state index is 0.252. The van der Waals surface area contributed by atoms with E-state index in [0.29, 0.717) is 25.6 Å². The third kappa shape index (κ3) is 3.69. The van der Waals surface area contributed by atoms with Gasteiger partial charge in [-0.2, -0.15) is 0 Å². The van der Waals surface area contributed by atoms with Gasteiger partial charge in [-0.05, 0) is 7.05 Å². The Balaban J connectivity index is 2.43. The van der Waals surface area contributed by atoms with E-state index in [4.69, 9.17) is 9.15 Å². The molecule has 1 rings (SSSR count). The van der Waals surface area contributed by atoms with Crippen molar-refractivity contribution in [3.63, 3.8) is 0 Å². The molecule has 0 unspecified atom stereocenters. The molecule has 1 aromatic heterocycles. The van der Waals surface area contributed by atoms with Crippen LogP contribution >= 0.6 is 0 Å². The van der Waals surface area contributed by atoms with Crippen molar-refractivity contribution >= 4 is 5.91 Å². The fraction of sp³-hybridized carbons (Fsp3) is 0.556. The van der Waals surface area contributed by atoms with Gasteiger partial charge in [0.2, 0.25) is 5.89 Å². The van der Waals surface area contributed by atoms with Crippen LogP contribution in [0.1, 0.15) is 16.4 Å². The molecule has 0 aliphatic heterocycles. The van der Waals surface area contributed by atoms with Gasteiger partial charge in [0.05, 0.1) is 13.2 Å². The van der Waals surface area contributed by atoms with Crippen molar-refractivity contribution < 1.29 is 13.9 Å². The van der Waals surface area contributed by atoms with E-state index in [0.717, 1.165) is 0 Å². The zero-order chi connectivity index (χ0) is 11.1. The van der Waals surface area contributed by atoms with E-state index >= 15 is 0 Å². The Kier molecular flexibility index (Phi) is 4.79. The third-order valence-electron chi connectivity index (χ3n) is 1.70. The summed E-state index contributed by atoms with van der Waals surface area (Å²) in [6, 6.07) is 0. The first kappa shape index (κ1) is 11.7. The second kappa shape index (κ2) is 6.15. The molecule has 0 saturated heterocycles. The molecule has 0 spiro atoms. The molecule has 2 N–H and O–H groups in total. The number of nitrogens with zero attached hydrogens (tertiary/aromatic N) is 1. The van der Waals surface area contributed by atoms with Gasteiger partial charge in [-0.1, -0.05) is 0 Å². The third-order valence-corrected chi connectivity index (χ3v) is 1.70. The van der Waals surface area contributed by atoms with Crippen molar-refractivity contribution in [2.75, 3.05) is 27.3 Å². The molecule has 0 saturated carbocycles. The van der Waals surface area contributed by atoms with Gasteiger partial charge in [0.15, 0.2) is 5.69 Å².